The maximum atomic E-state index is 12.6. The van der Waals surface area contributed by atoms with Crippen molar-refractivity contribution in [2.75, 3.05) is 19.7 Å². The Morgan fingerprint density at radius 2 is 2.40 bits per heavy atom. The average Bonchev–Trinajstić information content (AvgIpc) is 3.12. The highest BCUT2D eigenvalue weighted by molar-refractivity contribution is 5.90. The van der Waals surface area contributed by atoms with Gasteiger partial charge in [-0.05, 0) is 12.8 Å². The predicted octanol–water partition coefficient (Wildman–Crippen LogP) is 0.0320. The first-order chi connectivity index (χ1) is 9.61. The number of ether oxygens (including phenoxy) is 2. The third kappa shape index (κ3) is 1.52. The molecular formula is C14H17NO5. The normalized spacial score (nSPS) is 45.4. The van der Waals surface area contributed by atoms with Crippen molar-refractivity contribution in [1.29, 1.82) is 0 Å². The second-order valence-corrected chi connectivity index (χ2v) is 6.09. The van der Waals surface area contributed by atoms with Crippen LogP contribution in [0.25, 0.3) is 0 Å². The van der Waals surface area contributed by atoms with Crippen molar-refractivity contribution in [3.63, 3.8) is 0 Å². The molecule has 4 heterocycles. The fourth-order valence-corrected chi connectivity index (χ4v) is 4.05. The van der Waals surface area contributed by atoms with E-state index in [4.69, 9.17) is 9.47 Å². The Balaban J connectivity index is 1.58. The number of carbonyl (C=O) groups excluding carboxylic acids is 1. The number of aliphatic carboxylic acids is 1. The van der Waals surface area contributed by atoms with Gasteiger partial charge in [-0.25, -0.2) is 0 Å². The lowest BCUT2D eigenvalue weighted by Gasteiger charge is -2.23. The summed E-state index contributed by atoms with van der Waals surface area (Å²) in [6, 6.07) is 0. The van der Waals surface area contributed by atoms with Gasteiger partial charge in [0.15, 0.2) is 0 Å². The number of hydrogen-bond donors (Lipinski definition) is 1. The summed E-state index contributed by atoms with van der Waals surface area (Å²) in [7, 11) is 0. The van der Waals surface area contributed by atoms with Crippen LogP contribution in [0.15, 0.2) is 12.2 Å². The van der Waals surface area contributed by atoms with Crippen molar-refractivity contribution in [1.82, 2.24) is 4.90 Å². The molecule has 5 atom stereocenters. The van der Waals surface area contributed by atoms with Crippen LogP contribution < -0.4 is 0 Å². The minimum Gasteiger partial charge on any atom is -0.481 e. The molecule has 20 heavy (non-hydrogen) atoms. The quantitative estimate of drug-likeness (QED) is 0.738. The van der Waals surface area contributed by atoms with Crippen LogP contribution in [0.1, 0.15) is 12.8 Å². The Morgan fingerprint density at radius 3 is 3.10 bits per heavy atom. The molecule has 108 valence electrons. The van der Waals surface area contributed by atoms with E-state index in [0.29, 0.717) is 13.1 Å². The molecule has 4 rings (SSSR count). The summed E-state index contributed by atoms with van der Waals surface area (Å²) in [5.74, 6) is -2.36. The molecule has 1 amide bonds. The minimum absolute atomic E-state index is 0.0821. The minimum atomic E-state index is -0.946. The highest BCUT2D eigenvalue weighted by atomic mass is 16.5. The Kier molecular flexibility index (Phi) is 2.50. The van der Waals surface area contributed by atoms with Crippen molar-refractivity contribution >= 4 is 11.9 Å². The van der Waals surface area contributed by atoms with Crippen LogP contribution in [0.4, 0.5) is 0 Å². The summed E-state index contributed by atoms with van der Waals surface area (Å²) in [6.07, 6.45) is 5.29. The smallest absolute Gasteiger partial charge is 0.310 e. The lowest BCUT2D eigenvalue weighted by molar-refractivity contribution is -0.148. The summed E-state index contributed by atoms with van der Waals surface area (Å²) in [4.78, 5) is 25.7. The summed E-state index contributed by atoms with van der Waals surface area (Å²) >= 11 is 0. The van der Waals surface area contributed by atoms with E-state index < -0.39 is 29.5 Å². The molecule has 0 aromatic rings. The number of amides is 1. The van der Waals surface area contributed by atoms with Crippen molar-refractivity contribution in [3.05, 3.63) is 12.2 Å². The van der Waals surface area contributed by atoms with Crippen LogP contribution in [0.3, 0.4) is 0 Å². The molecule has 2 bridgehead atoms. The van der Waals surface area contributed by atoms with Gasteiger partial charge in [-0.15, -0.1) is 0 Å². The number of rotatable bonds is 3. The summed E-state index contributed by atoms with van der Waals surface area (Å²) in [6.45, 7) is 1.75. The highest BCUT2D eigenvalue weighted by Crippen LogP contribution is 2.51. The van der Waals surface area contributed by atoms with E-state index >= 15 is 0 Å². The maximum absolute atomic E-state index is 12.6. The van der Waals surface area contributed by atoms with Gasteiger partial charge >= 0.3 is 5.97 Å². The molecule has 3 fully saturated rings. The molecule has 1 N–H and O–H groups in total. The number of carboxylic acids is 1. The largest absolute Gasteiger partial charge is 0.481 e. The van der Waals surface area contributed by atoms with Gasteiger partial charge in [0.1, 0.15) is 11.5 Å². The third-order valence-corrected chi connectivity index (χ3v) is 4.91. The SMILES string of the molecule is O=C(O)[C@H]1[C@H]2C=C[C@]3(CN(C[C@@H]4CCCO4)C(=O)[C@@H]13)O2. The van der Waals surface area contributed by atoms with E-state index in [1.54, 1.807) is 11.0 Å². The molecule has 6 nitrogen and oxygen atoms in total. The number of nitrogens with zero attached hydrogens (tertiary/aromatic N) is 1. The molecule has 0 aromatic carbocycles. The van der Waals surface area contributed by atoms with Crippen molar-refractivity contribution in [2.45, 2.75) is 30.7 Å². The topological polar surface area (TPSA) is 76.1 Å². The zero-order chi connectivity index (χ0) is 13.9. The Bertz CT molecular complexity index is 498. The van der Waals surface area contributed by atoms with E-state index in [9.17, 15) is 14.7 Å². The van der Waals surface area contributed by atoms with Crippen LogP contribution >= 0.6 is 0 Å². The Labute approximate surface area is 116 Å². The summed E-state index contributed by atoms with van der Waals surface area (Å²) in [5.41, 5.74) is -0.719. The number of hydrogen-bond acceptors (Lipinski definition) is 4. The fourth-order valence-electron chi connectivity index (χ4n) is 4.05. The predicted molar refractivity (Wildman–Crippen MR) is 66.9 cm³/mol. The average molecular weight is 279 g/mol. The second kappa shape index (κ2) is 4.05. The highest BCUT2D eigenvalue weighted by Gasteiger charge is 2.67. The molecule has 0 saturated carbocycles. The Hall–Kier alpha value is -1.40. The van der Waals surface area contributed by atoms with Crippen LogP contribution in [-0.4, -0.2) is 59.4 Å². The molecule has 4 aliphatic heterocycles. The monoisotopic (exact) mass is 279 g/mol. The van der Waals surface area contributed by atoms with Gasteiger partial charge in [-0.2, -0.15) is 0 Å². The van der Waals surface area contributed by atoms with Gasteiger partial charge in [0.05, 0.1) is 24.7 Å². The van der Waals surface area contributed by atoms with Crippen LogP contribution in [0.2, 0.25) is 0 Å². The first-order valence-electron chi connectivity index (χ1n) is 7.11. The molecule has 0 unspecified atom stereocenters. The lowest BCUT2D eigenvalue weighted by Crippen LogP contribution is -2.39. The van der Waals surface area contributed by atoms with E-state index in [1.807, 2.05) is 6.08 Å². The van der Waals surface area contributed by atoms with E-state index in [0.717, 1.165) is 19.4 Å². The number of fused-ring (bicyclic) bond motifs is 1. The van der Waals surface area contributed by atoms with Gasteiger partial charge in [-0.1, -0.05) is 12.2 Å². The number of likely N-dealkylation sites (tertiary alicyclic amines) is 1. The molecule has 0 aromatic heterocycles. The lowest BCUT2D eigenvalue weighted by atomic mass is 9.77. The van der Waals surface area contributed by atoms with E-state index in [1.165, 1.54) is 0 Å². The van der Waals surface area contributed by atoms with Crippen LogP contribution in [0.5, 0.6) is 0 Å². The zero-order valence-electron chi connectivity index (χ0n) is 11.0. The molecule has 1 spiro atoms. The van der Waals surface area contributed by atoms with Crippen LogP contribution in [-0.2, 0) is 19.1 Å². The summed E-state index contributed by atoms with van der Waals surface area (Å²) < 4.78 is 11.4. The Morgan fingerprint density at radius 1 is 1.55 bits per heavy atom. The first-order valence-corrected chi connectivity index (χ1v) is 7.11. The number of carboxylic acid groups (broad SMARTS) is 1. The molecule has 4 aliphatic rings. The van der Waals surface area contributed by atoms with Crippen molar-refractivity contribution < 1.29 is 24.2 Å². The maximum Gasteiger partial charge on any atom is 0.310 e. The van der Waals surface area contributed by atoms with E-state index in [2.05, 4.69) is 0 Å². The molecule has 0 radical (unpaired) electrons. The van der Waals surface area contributed by atoms with Gasteiger partial charge in [0.25, 0.3) is 0 Å². The standard InChI is InChI=1S/C14H17NO5/c16-12-11-10(13(17)18)9-3-4-14(11,20-9)7-15(12)6-8-2-1-5-19-8/h3-4,8-11H,1-2,5-7H2,(H,17,18)/t8-,9+,10-,11+,14+/m0/s1. The van der Waals surface area contributed by atoms with Gasteiger partial charge in [-0.3, -0.25) is 9.59 Å². The van der Waals surface area contributed by atoms with Gasteiger partial charge in [0, 0.05) is 13.2 Å². The summed E-state index contributed by atoms with van der Waals surface area (Å²) in [5, 5.41) is 9.36. The third-order valence-electron chi connectivity index (χ3n) is 4.91. The van der Waals surface area contributed by atoms with Gasteiger partial charge < -0.3 is 19.5 Å². The van der Waals surface area contributed by atoms with Crippen LogP contribution in [0, 0.1) is 11.8 Å². The molecule has 0 aliphatic carbocycles. The molecule has 6 heteroatoms. The van der Waals surface area contributed by atoms with E-state index in [-0.39, 0.29) is 12.0 Å². The number of carbonyl (C=O) groups is 2. The van der Waals surface area contributed by atoms with Crippen molar-refractivity contribution in [2.24, 2.45) is 11.8 Å². The van der Waals surface area contributed by atoms with Crippen molar-refractivity contribution in [3.8, 4) is 0 Å². The first kappa shape index (κ1) is 12.3. The second-order valence-electron chi connectivity index (χ2n) is 6.09. The molecule has 3 saturated heterocycles. The fraction of sp³-hybridized carbons (Fsp3) is 0.714. The zero-order valence-corrected chi connectivity index (χ0v) is 11.0. The van der Waals surface area contributed by atoms with Gasteiger partial charge in [0.2, 0.25) is 5.91 Å². The molecular weight excluding hydrogens is 262 g/mol.